The lowest BCUT2D eigenvalue weighted by Crippen LogP contribution is -2.26. The zero-order chi connectivity index (χ0) is 22.9. The molecule has 1 atom stereocenters. The molecule has 0 saturated heterocycles. The van der Waals surface area contributed by atoms with Crippen LogP contribution in [0.3, 0.4) is 0 Å². The standard InChI is InChI=1S/C20H20N8O4S/c1-31-17-8-13(16(28(29)30)9-18(17)32-2)19(20-22-25-26-27(20)12-4-5-12)21-10-11-3-6-14-15(7-11)24-33-23-14/h3,6-9,12,19,21H,4-5,10H2,1-2H3. The van der Waals surface area contributed by atoms with Crippen LogP contribution >= 0.6 is 11.7 Å². The zero-order valence-electron chi connectivity index (χ0n) is 17.8. The van der Waals surface area contributed by atoms with Crippen LogP contribution in [-0.4, -0.2) is 48.1 Å². The molecular weight excluding hydrogens is 448 g/mol. The van der Waals surface area contributed by atoms with E-state index in [0.717, 1.165) is 41.2 Å². The van der Waals surface area contributed by atoms with Gasteiger partial charge in [0.05, 0.1) is 48.5 Å². The summed E-state index contributed by atoms with van der Waals surface area (Å²) in [5.74, 6) is 1.16. The molecule has 0 spiro atoms. The Kier molecular flexibility index (Phi) is 5.56. The van der Waals surface area contributed by atoms with Crippen LogP contribution in [0.15, 0.2) is 30.3 Å². The van der Waals surface area contributed by atoms with Crippen molar-refractivity contribution >= 4 is 28.4 Å². The summed E-state index contributed by atoms with van der Waals surface area (Å²) >= 11 is 1.15. The van der Waals surface area contributed by atoms with Gasteiger partial charge in [0.1, 0.15) is 17.1 Å². The number of nitrogens with one attached hydrogen (secondary N) is 1. The third-order valence-corrected chi connectivity index (χ3v) is 6.09. The summed E-state index contributed by atoms with van der Waals surface area (Å²) < 4.78 is 21.0. The van der Waals surface area contributed by atoms with Crippen molar-refractivity contribution in [3.05, 3.63) is 57.4 Å². The van der Waals surface area contributed by atoms with Gasteiger partial charge in [0.2, 0.25) is 0 Å². The van der Waals surface area contributed by atoms with E-state index < -0.39 is 11.0 Å². The lowest BCUT2D eigenvalue weighted by atomic mass is 10.0. The Balaban J connectivity index is 1.58. The van der Waals surface area contributed by atoms with E-state index in [-0.39, 0.29) is 17.5 Å². The first kappa shape index (κ1) is 21.2. The molecule has 2 aromatic heterocycles. The van der Waals surface area contributed by atoms with Gasteiger partial charge in [-0.15, -0.1) is 5.10 Å². The van der Waals surface area contributed by atoms with E-state index in [9.17, 15) is 10.1 Å². The molecule has 1 saturated carbocycles. The first-order valence-corrected chi connectivity index (χ1v) is 10.9. The van der Waals surface area contributed by atoms with Gasteiger partial charge in [-0.3, -0.25) is 15.4 Å². The molecule has 0 amide bonds. The molecular formula is C20H20N8O4S. The highest BCUT2D eigenvalue weighted by Crippen LogP contribution is 2.41. The van der Waals surface area contributed by atoms with Crippen LogP contribution in [0.1, 0.15) is 41.9 Å². The number of fused-ring (bicyclic) bond motifs is 1. The number of nitro groups is 1. The van der Waals surface area contributed by atoms with Gasteiger partial charge in [0.25, 0.3) is 5.69 Å². The molecule has 0 aliphatic heterocycles. The highest BCUT2D eigenvalue weighted by Gasteiger charge is 2.35. The SMILES string of the molecule is COc1cc(C(NCc2ccc3nsnc3c2)c2nnnn2C2CC2)c([N+](=O)[O-])cc1OC. The van der Waals surface area contributed by atoms with Gasteiger partial charge in [-0.25, -0.2) is 4.68 Å². The topological polar surface area (TPSA) is 143 Å². The monoisotopic (exact) mass is 468 g/mol. The molecule has 13 heteroatoms. The molecule has 4 aromatic rings. The predicted molar refractivity (Wildman–Crippen MR) is 118 cm³/mol. The van der Waals surface area contributed by atoms with Gasteiger partial charge < -0.3 is 9.47 Å². The Bertz CT molecular complexity index is 1320. The summed E-state index contributed by atoms with van der Waals surface area (Å²) in [6, 6.07) is 8.28. The number of nitro benzene ring substituents is 1. The van der Waals surface area contributed by atoms with Crippen molar-refractivity contribution in [2.45, 2.75) is 31.5 Å². The van der Waals surface area contributed by atoms with Crippen LogP contribution in [0.4, 0.5) is 5.69 Å². The molecule has 0 bridgehead atoms. The first-order chi connectivity index (χ1) is 16.1. The average molecular weight is 468 g/mol. The summed E-state index contributed by atoms with van der Waals surface area (Å²) in [6.07, 6.45) is 1.93. The number of ether oxygens (including phenoxy) is 2. The van der Waals surface area contributed by atoms with Crippen molar-refractivity contribution in [3.8, 4) is 11.5 Å². The highest BCUT2D eigenvalue weighted by molar-refractivity contribution is 7.00. The summed E-state index contributed by atoms with van der Waals surface area (Å²) in [6.45, 7) is 0.404. The molecule has 5 rings (SSSR count). The Morgan fingerprint density at radius 3 is 2.67 bits per heavy atom. The molecule has 170 valence electrons. The van der Waals surface area contributed by atoms with Gasteiger partial charge >= 0.3 is 0 Å². The molecule has 1 N–H and O–H groups in total. The number of nitrogens with zero attached hydrogens (tertiary/aromatic N) is 7. The second-order valence-electron chi connectivity index (χ2n) is 7.64. The number of benzene rings is 2. The number of hydrogen-bond donors (Lipinski definition) is 1. The molecule has 1 aliphatic carbocycles. The average Bonchev–Trinajstić information content (AvgIpc) is 3.36. The van der Waals surface area contributed by atoms with Crippen LogP contribution in [0.2, 0.25) is 0 Å². The van der Waals surface area contributed by atoms with Crippen molar-refractivity contribution < 1.29 is 14.4 Å². The number of rotatable bonds is 9. The van der Waals surface area contributed by atoms with E-state index >= 15 is 0 Å². The highest BCUT2D eigenvalue weighted by atomic mass is 32.1. The van der Waals surface area contributed by atoms with Gasteiger partial charge in [-0.05, 0) is 47.0 Å². The first-order valence-electron chi connectivity index (χ1n) is 10.2. The molecule has 1 unspecified atom stereocenters. The smallest absolute Gasteiger partial charge is 0.278 e. The van der Waals surface area contributed by atoms with E-state index in [2.05, 4.69) is 29.6 Å². The molecule has 33 heavy (non-hydrogen) atoms. The molecule has 2 heterocycles. The molecule has 1 fully saturated rings. The second kappa shape index (κ2) is 8.67. The van der Waals surface area contributed by atoms with E-state index in [4.69, 9.17) is 9.47 Å². The fourth-order valence-electron chi connectivity index (χ4n) is 3.74. The largest absolute Gasteiger partial charge is 0.493 e. The Morgan fingerprint density at radius 1 is 1.18 bits per heavy atom. The fourth-order valence-corrected chi connectivity index (χ4v) is 4.26. The van der Waals surface area contributed by atoms with Gasteiger partial charge in [-0.1, -0.05) is 6.07 Å². The van der Waals surface area contributed by atoms with E-state index in [1.807, 2.05) is 18.2 Å². The van der Waals surface area contributed by atoms with Crippen LogP contribution in [-0.2, 0) is 6.54 Å². The zero-order valence-corrected chi connectivity index (χ0v) is 18.7. The van der Waals surface area contributed by atoms with Gasteiger partial charge in [0, 0.05) is 6.54 Å². The lowest BCUT2D eigenvalue weighted by Gasteiger charge is -2.20. The van der Waals surface area contributed by atoms with Crippen molar-refractivity contribution in [1.29, 1.82) is 0 Å². The third-order valence-electron chi connectivity index (χ3n) is 5.54. The number of methoxy groups -OCH3 is 2. The Morgan fingerprint density at radius 2 is 1.94 bits per heavy atom. The van der Waals surface area contributed by atoms with Crippen molar-refractivity contribution in [2.75, 3.05) is 14.2 Å². The fraction of sp³-hybridized carbons (Fsp3) is 0.350. The Hall–Kier alpha value is -3.71. The minimum Gasteiger partial charge on any atom is -0.493 e. The summed E-state index contributed by atoms with van der Waals surface area (Å²) in [7, 11) is 2.93. The molecule has 2 aromatic carbocycles. The maximum atomic E-state index is 12.0. The van der Waals surface area contributed by atoms with Crippen molar-refractivity contribution in [3.63, 3.8) is 0 Å². The van der Waals surface area contributed by atoms with Crippen LogP contribution in [0.5, 0.6) is 11.5 Å². The minimum atomic E-state index is -0.662. The summed E-state index contributed by atoms with van der Waals surface area (Å²) in [5.41, 5.74) is 2.85. The van der Waals surface area contributed by atoms with Gasteiger partial charge in [-0.2, -0.15) is 8.75 Å². The van der Waals surface area contributed by atoms with E-state index in [1.165, 1.54) is 20.3 Å². The van der Waals surface area contributed by atoms with Crippen LogP contribution in [0.25, 0.3) is 11.0 Å². The lowest BCUT2D eigenvalue weighted by molar-refractivity contribution is -0.385. The van der Waals surface area contributed by atoms with Crippen LogP contribution < -0.4 is 14.8 Å². The molecule has 1 aliphatic rings. The number of tetrazole rings is 1. The third kappa shape index (κ3) is 4.07. The summed E-state index contributed by atoms with van der Waals surface area (Å²) in [5, 5.41) is 27.6. The van der Waals surface area contributed by atoms with Gasteiger partial charge in [0.15, 0.2) is 17.3 Å². The quantitative estimate of drug-likeness (QED) is 0.288. The maximum absolute atomic E-state index is 12.0. The van der Waals surface area contributed by atoms with Crippen LogP contribution in [0, 0.1) is 10.1 Å². The Labute approximate surface area is 192 Å². The van der Waals surface area contributed by atoms with E-state index in [0.29, 0.717) is 23.7 Å². The van der Waals surface area contributed by atoms with E-state index in [1.54, 1.807) is 10.7 Å². The summed E-state index contributed by atoms with van der Waals surface area (Å²) in [4.78, 5) is 11.6. The number of hydrogen-bond acceptors (Lipinski definition) is 11. The molecule has 0 radical (unpaired) electrons. The number of aromatic nitrogens is 6. The predicted octanol–water partition coefficient (Wildman–Crippen LogP) is 2.82. The second-order valence-corrected chi connectivity index (χ2v) is 8.17. The van der Waals surface area contributed by atoms with Crippen molar-refractivity contribution in [2.24, 2.45) is 0 Å². The minimum absolute atomic E-state index is 0.116. The van der Waals surface area contributed by atoms with Crippen molar-refractivity contribution in [1.82, 2.24) is 34.3 Å². The molecule has 12 nitrogen and oxygen atoms in total. The maximum Gasteiger partial charge on any atom is 0.278 e. The normalized spacial score (nSPS) is 14.4.